The van der Waals surface area contributed by atoms with Crippen molar-refractivity contribution in [3.05, 3.63) is 53.9 Å². The molecular weight excluding hydrogens is 562 g/mol. The van der Waals surface area contributed by atoms with E-state index in [0.29, 0.717) is 47.9 Å². The van der Waals surface area contributed by atoms with Crippen molar-refractivity contribution in [3.63, 3.8) is 0 Å². The van der Waals surface area contributed by atoms with E-state index in [-0.39, 0.29) is 42.8 Å². The number of amides is 1. The molecule has 44 heavy (non-hydrogen) atoms. The highest BCUT2D eigenvalue weighted by Crippen LogP contribution is 2.29. The number of rotatable bonds is 11. The molecule has 12 heteroatoms. The minimum atomic E-state index is -0.738. The number of nitrogens with one attached hydrogen (secondary N) is 3. The van der Waals surface area contributed by atoms with E-state index in [4.69, 9.17) is 31.0 Å². The third-order valence-corrected chi connectivity index (χ3v) is 8.63. The second-order valence-corrected chi connectivity index (χ2v) is 11.7. The molecule has 3 aromatic rings. The van der Waals surface area contributed by atoms with Crippen molar-refractivity contribution in [2.75, 3.05) is 19.6 Å². The van der Waals surface area contributed by atoms with Crippen LogP contribution in [0.3, 0.4) is 0 Å². The summed E-state index contributed by atoms with van der Waals surface area (Å²) in [5, 5.41) is 27.8. The van der Waals surface area contributed by atoms with Gasteiger partial charge in [0.2, 0.25) is 5.91 Å². The lowest BCUT2D eigenvalue weighted by Gasteiger charge is -2.32. The minimum absolute atomic E-state index is 0.0438. The zero-order valence-electron chi connectivity index (χ0n) is 25.1. The summed E-state index contributed by atoms with van der Waals surface area (Å²) in [6.07, 6.45) is 4.70. The van der Waals surface area contributed by atoms with Crippen LogP contribution < -0.4 is 20.5 Å². The summed E-state index contributed by atoms with van der Waals surface area (Å²) in [5.41, 5.74) is 7.59. The molecular formula is C32H41N7O5. The number of imidazole rings is 1. The molecule has 12 nitrogen and oxygen atoms in total. The lowest BCUT2D eigenvalue weighted by Crippen LogP contribution is -2.40. The van der Waals surface area contributed by atoms with Crippen molar-refractivity contribution >= 4 is 34.6 Å². The maximum Gasteiger partial charge on any atom is 0.306 e. The number of aliphatic carboxylic acids is 1. The normalized spacial score (nSPS) is 19.0. The molecule has 2 aliphatic rings. The number of aromatic nitrogens is 2. The topological polar surface area (TPSA) is 180 Å². The lowest BCUT2D eigenvalue weighted by molar-refractivity contribution is -0.143. The SMILES string of the molecule is CC(=N)N1CCC(Oc2ccc(OCc3nc4cc(C(=N)N)ccc4n3CC(=O)NCC3CCC(C(=O)O)CC3)cc2)CC1. The number of carboxylic acids is 1. The summed E-state index contributed by atoms with van der Waals surface area (Å²) < 4.78 is 14.0. The maximum absolute atomic E-state index is 13.0. The van der Waals surface area contributed by atoms with Crippen molar-refractivity contribution in [3.8, 4) is 11.5 Å². The van der Waals surface area contributed by atoms with Gasteiger partial charge in [-0.25, -0.2) is 4.98 Å². The van der Waals surface area contributed by atoms with Gasteiger partial charge in [0.25, 0.3) is 0 Å². The van der Waals surface area contributed by atoms with Crippen LogP contribution in [0.5, 0.6) is 11.5 Å². The summed E-state index contributed by atoms with van der Waals surface area (Å²) in [4.78, 5) is 31.1. The van der Waals surface area contributed by atoms with Gasteiger partial charge in [0, 0.05) is 38.0 Å². The van der Waals surface area contributed by atoms with Gasteiger partial charge in [-0.1, -0.05) is 0 Å². The van der Waals surface area contributed by atoms with Crippen molar-refractivity contribution in [2.24, 2.45) is 17.6 Å². The Kier molecular flexibility index (Phi) is 9.66. The largest absolute Gasteiger partial charge is 0.490 e. The predicted octanol–water partition coefficient (Wildman–Crippen LogP) is 3.75. The van der Waals surface area contributed by atoms with E-state index in [0.717, 1.165) is 50.0 Å². The Hall–Kier alpha value is -4.61. The van der Waals surface area contributed by atoms with Crippen LogP contribution in [0.25, 0.3) is 11.0 Å². The fourth-order valence-corrected chi connectivity index (χ4v) is 5.97. The first kappa shape index (κ1) is 30.8. The second kappa shape index (κ2) is 13.8. The van der Waals surface area contributed by atoms with Gasteiger partial charge < -0.3 is 35.1 Å². The molecule has 1 aromatic heterocycles. The second-order valence-electron chi connectivity index (χ2n) is 11.7. The van der Waals surface area contributed by atoms with Crippen molar-refractivity contribution in [1.29, 1.82) is 10.8 Å². The molecule has 0 radical (unpaired) electrons. The average Bonchev–Trinajstić information content (AvgIpc) is 3.36. The molecule has 234 valence electrons. The van der Waals surface area contributed by atoms with Crippen LogP contribution in [0.15, 0.2) is 42.5 Å². The summed E-state index contributed by atoms with van der Waals surface area (Å²) >= 11 is 0. The molecule has 0 spiro atoms. The molecule has 2 fully saturated rings. The first-order valence-corrected chi connectivity index (χ1v) is 15.2. The zero-order chi connectivity index (χ0) is 31.2. The van der Waals surface area contributed by atoms with Gasteiger partial charge >= 0.3 is 5.97 Å². The Morgan fingerprint density at radius 3 is 2.34 bits per heavy atom. The van der Waals surface area contributed by atoms with E-state index in [1.165, 1.54) is 0 Å². The maximum atomic E-state index is 13.0. The number of ether oxygens (including phenoxy) is 2. The number of hydrogen-bond acceptors (Lipinski definition) is 7. The van der Waals surface area contributed by atoms with Gasteiger partial charge in [0.05, 0.1) is 22.8 Å². The Morgan fingerprint density at radius 2 is 1.70 bits per heavy atom. The fraction of sp³-hybridized carbons (Fsp3) is 0.469. The first-order valence-electron chi connectivity index (χ1n) is 15.2. The molecule has 1 aliphatic heterocycles. The Labute approximate surface area is 256 Å². The van der Waals surface area contributed by atoms with Gasteiger partial charge in [-0.3, -0.25) is 20.4 Å². The van der Waals surface area contributed by atoms with E-state index in [1.54, 1.807) is 12.1 Å². The molecule has 2 heterocycles. The number of carbonyl (C=O) groups excluding carboxylic acids is 1. The Bertz CT molecular complexity index is 1500. The zero-order valence-corrected chi connectivity index (χ0v) is 25.1. The summed E-state index contributed by atoms with van der Waals surface area (Å²) in [6.45, 7) is 4.13. The number of benzene rings is 2. The fourth-order valence-electron chi connectivity index (χ4n) is 5.97. The molecule has 5 rings (SSSR count). The number of piperidine rings is 1. The van der Waals surface area contributed by atoms with E-state index in [2.05, 4.69) is 10.2 Å². The number of nitrogen functional groups attached to an aromatic ring is 1. The van der Waals surface area contributed by atoms with Crippen LogP contribution in [-0.4, -0.2) is 68.8 Å². The number of nitrogens with two attached hydrogens (primary N) is 1. The minimum Gasteiger partial charge on any atom is -0.490 e. The van der Waals surface area contributed by atoms with Crippen molar-refractivity contribution in [1.82, 2.24) is 19.8 Å². The standard InChI is InChI=1S/C32H41N7O5/c1-20(33)38-14-12-26(13-15-38)44-25-9-7-24(8-10-25)43-19-29-37-27-16-23(31(34)35)6-11-28(27)39(29)18-30(40)36-17-21-2-4-22(5-3-21)32(41)42/h6-11,16,21-22,26,33H,2-5,12-15,17-19H2,1H3,(H3,34,35)(H,36,40)(H,41,42). The third-order valence-electron chi connectivity index (χ3n) is 8.63. The number of nitrogens with zero attached hydrogens (tertiary/aromatic N) is 3. The van der Waals surface area contributed by atoms with E-state index < -0.39 is 5.97 Å². The Balaban J connectivity index is 1.21. The number of fused-ring (bicyclic) bond motifs is 1. The van der Waals surface area contributed by atoms with Gasteiger partial charge in [-0.15, -0.1) is 0 Å². The number of hydrogen-bond donors (Lipinski definition) is 5. The Morgan fingerprint density at radius 1 is 1.02 bits per heavy atom. The number of amidine groups is 2. The molecule has 1 saturated carbocycles. The van der Waals surface area contributed by atoms with Crippen LogP contribution in [-0.2, 0) is 22.7 Å². The van der Waals surface area contributed by atoms with E-state index in [9.17, 15) is 14.7 Å². The molecule has 1 aliphatic carbocycles. The highest BCUT2D eigenvalue weighted by atomic mass is 16.5. The smallest absolute Gasteiger partial charge is 0.306 e. The molecule has 1 amide bonds. The number of carboxylic acid groups (broad SMARTS) is 1. The van der Waals surface area contributed by atoms with Crippen LogP contribution in [0.2, 0.25) is 0 Å². The van der Waals surface area contributed by atoms with Gasteiger partial charge in [-0.2, -0.15) is 0 Å². The third kappa shape index (κ3) is 7.66. The van der Waals surface area contributed by atoms with Crippen LogP contribution >= 0.6 is 0 Å². The number of carbonyl (C=O) groups is 2. The monoisotopic (exact) mass is 603 g/mol. The molecule has 0 bridgehead atoms. The molecule has 0 atom stereocenters. The summed E-state index contributed by atoms with van der Waals surface area (Å²) in [7, 11) is 0. The van der Waals surface area contributed by atoms with Gasteiger partial charge in [0.15, 0.2) is 0 Å². The number of likely N-dealkylation sites (tertiary alicyclic amines) is 1. The van der Waals surface area contributed by atoms with Crippen molar-refractivity contribution in [2.45, 2.75) is 64.7 Å². The quantitative estimate of drug-likeness (QED) is 0.162. The van der Waals surface area contributed by atoms with Gasteiger partial charge in [-0.05, 0) is 81.0 Å². The van der Waals surface area contributed by atoms with Crippen molar-refractivity contribution < 1.29 is 24.2 Å². The van der Waals surface area contributed by atoms with E-state index in [1.807, 2.05) is 41.8 Å². The average molecular weight is 604 g/mol. The van der Waals surface area contributed by atoms with Gasteiger partial charge in [0.1, 0.15) is 42.4 Å². The summed E-state index contributed by atoms with van der Waals surface area (Å²) in [6, 6.07) is 12.7. The van der Waals surface area contributed by atoms with Crippen LogP contribution in [0, 0.1) is 22.7 Å². The molecule has 2 aromatic carbocycles. The van der Waals surface area contributed by atoms with Crippen LogP contribution in [0.4, 0.5) is 0 Å². The predicted molar refractivity (Wildman–Crippen MR) is 166 cm³/mol. The highest BCUT2D eigenvalue weighted by molar-refractivity contribution is 5.98. The van der Waals surface area contributed by atoms with Crippen LogP contribution in [0.1, 0.15) is 56.8 Å². The summed E-state index contributed by atoms with van der Waals surface area (Å²) in [5.74, 6) is 1.57. The lowest BCUT2D eigenvalue weighted by atomic mass is 9.82. The first-order chi connectivity index (χ1) is 21.2. The molecule has 6 N–H and O–H groups in total. The highest BCUT2D eigenvalue weighted by Gasteiger charge is 2.26. The molecule has 0 unspecified atom stereocenters. The molecule has 1 saturated heterocycles. The van der Waals surface area contributed by atoms with E-state index >= 15 is 0 Å².